The number of esters is 1. The number of aryl methyl sites for hydroxylation is 2. The van der Waals surface area contributed by atoms with Crippen LogP contribution in [0.25, 0.3) is 0 Å². The van der Waals surface area contributed by atoms with E-state index in [0.717, 1.165) is 18.4 Å². The molecule has 0 saturated carbocycles. The second kappa shape index (κ2) is 8.12. The number of halogens is 1. The van der Waals surface area contributed by atoms with Crippen LogP contribution in [0.15, 0.2) is 57.9 Å². The van der Waals surface area contributed by atoms with E-state index in [1.807, 2.05) is 18.2 Å². The van der Waals surface area contributed by atoms with Gasteiger partial charge in [-0.2, -0.15) is 0 Å². The molecule has 1 aliphatic rings. The molecule has 0 bridgehead atoms. The van der Waals surface area contributed by atoms with Gasteiger partial charge in [-0.3, -0.25) is 4.31 Å². The van der Waals surface area contributed by atoms with Crippen molar-refractivity contribution in [3.63, 3.8) is 0 Å². The minimum Gasteiger partial charge on any atom is -0.454 e. The highest BCUT2D eigenvalue weighted by molar-refractivity contribution is 7.92. The fourth-order valence-electron chi connectivity index (χ4n) is 3.40. The summed E-state index contributed by atoms with van der Waals surface area (Å²) in [5, 5.41) is 3.83. The molecule has 9 heteroatoms. The first-order chi connectivity index (χ1) is 14.4. The Kier molecular flexibility index (Phi) is 5.53. The minimum absolute atomic E-state index is 0.0222. The van der Waals surface area contributed by atoms with E-state index in [-0.39, 0.29) is 22.1 Å². The monoisotopic (exact) mass is 446 g/mol. The summed E-state index contributed by atoms with van der Waals surface area (Å²) in [6, 6.07) is 13.1. The number of benzene rings is 2. The zero-order valence-electron chi connectivity index (χ0n) is 16.2. The highest BCUT2D eigenvalue weighted by atomic mass is 35.5. The largest absolute Gasteiger partial charge is 0.454 e. The smallest absolute Gasteiger partial charge is 0.340 e. The molecule has 0 spiro atoms. The molecule has 0 saturated heterocycles. The minimum atomic E-state index is -3.87. The lowest BCUT2D eigenvalue weighted by atomic mass is 10.0. The number of ether oxygens (including phenoxy) is 1. The van der Waals surface area contributed by atoms with Crippen molar-refractivity contribution in [3.05, 3.63) is 76.1 Å². The van der Waals surface area contributed by atoms with Crippen LogP contribution in [-0.4, -0.2) is 26.1 Å². The Bertz CT molecular complexity index is 1210. The van der Waals surface area contributed by atoms with Gasteiger partial charge in [0, 0.05) is 12.6 Å². The third-order valence-electron chi connectivity index (χ3n) is 4.84. The average Bonchev–Trinajstić information content (AvgIpc) is 3.17. The number of sulfonamides is 1. The molecule has 0 unspecified atom stereocenters. The third-order valence-corrected chi connectivity index (χ3v) is 6.97. The molecule has 4 rings (SSSR count). The number of hydrogen-bond donors (Lipinski definition) is 0. The van der Waals surface area contributed by atoms with E-state index in [1.54, 1.807) is 19.1 Å². The Balaban J connectivity index is 1.62. The summed E-state index contributed by atoms with van der Waals surface area (Å²) < 4.78 is 38.2. The molecule has 30 heavy (non-hydrogen) atoms. The molecule has 0 radical (unpaired) electrons. The molecule has 0 fully saturated rings. The van der Waals surface area contributed by atoms with Gasteiger partial charge >= 0.3 is 5.97 Å². The van der Waals surface area contributed by atoms with Crippen LogP contribution in [0, 0.1) is 6.92 Å². The number of carbonyl (C=O) groups excluding carboxylic acids is 1. The quantitative estimate of drug-likeness (QED) is 0.547. The van der Waals surface area contributed by atoms with Gasteiger partial charge in [-0.05, 0) is 49.6 Å². The summed E-state index contributed by atoms with van der Waals surface area (Å²) in [5.41, 5.74) is 2.26. The van der Waals surface area contributed by atoms with Crippen LogP contribution in [0.5, 0.6) is 0 Å². The number of anilines is 1. The summed E-state index contributed by atoms with van der Waals surface area (Å²) >= 11 is 6.15. The maximum absolute atomic E-state index is 13.3. The standard InChI is InChI=1S/C21H19ClN2O5S/c1-14-11-16(29-23-14)13-28-21(25)18-12-17(8-9-19(18)22)30(26,27)24-10-4-6-15-5-2-3-7-20(15)24/h2-3,5,7-9,11-12H,4,6,10,13H2,1H3. The zero-order chi connectivity index (χ0) is 21.3. The average molecular weight is 447 g/mol. The highest BCUT2D eigenvalue weighted by Crippen LogP contribution is 2.33. The van der Waals surface area contributed by atoms with Gasteiger partial charge in [0.05, 0.1) is 26.9 Å². The van der Waals surface area contributed by atoms with E-state index in [2.05, 4.69) is 5.16 Å². The summed E-state index contributed by atoms with van der Waals surface area (Å²) in [6.07, 6.45) is 1.54. The van der Waals surface area contributed by atoms with Gasteiger partial charge in [0.2, 0.25) is 0 Å². The number of aromatic nitrogens is 1. The van der Waals surface area contributed by atoms with Crippen LogP contribution in [0.3, 0.4) is 0 Å². The molecular formula is C21H19ClN2O5S. The number of hydrogen-bond acceptors (Lipinski definition) is 6. The fraction of sp³-hybridized carbons (Fsp3) is 0.238. The topological polar surface area (TPSA) is 89.7 Å². The maximum Gasteiger partial charge on any atom is 0.340 e. The van der Waals surface area contributed by atoms with Crippen LogP contribution in [0.1, 0.15) is 33.8 Å². The van der Waals surface area contributed by atoms with E-state index in [4.69, 9.17) is 20.9 Å². The first kappa shape index (κ1) is 20.4. The van der Waals surface area contributed by atoms with Crippen molar-refractivity contribution in [1.82, 2.24) is 5.16 Å². The Morgan fingerprint density at radius 2 is 2.03 bits per heavy atom. The lowest BCUT2D eigenvalue weighted by Gasteiger charge is -2.30. The highest BCUT2D eigenvalue weighted by Gasteiger charge is 2.30. The summed E-state index contributed by atoms with van der Waals surface area (Å²) in [7, 11) is -3.87. The van der Waals surface area contributed by atoms with E-state index < -0.39 is 16.0 Å². The Hall–Kier alpha value is -2.84. The molecule has 3 aromatic rings. The third kappa shape index (κ3) is 3.93. The molecule has 2 heterocycles. The normalized spacial score (nSPS) is 13.7. The molecule has 1 aromatic heterocycles. The molecule has 1 aliphatic heterocycles. The van der Waals surface area contributed by atoms with Gasteiger partial charge in [0.25, 0.3) is 10.0 Å². The van der Waals surface area contributed by atoms with Crippen LogP contribution in [0.4, 0.5) is 5.69 Å². The van der Waals surface area contributed by atoms with Crippen molar-refractivity contribution in [1.29, 1.82) is 0 Å². The summed E-state index contributed by atoms with van der Waals surface area (Å²) in [6.45, 7) is 1.98. The van der Waals surface area contributed by atoms with Gasteiger partial charge in [0.15, 0.2) is 12.4 Å². The molecule has 0 amide bonds. The summed E-state index contributed by atoms with van der Waals surface area (Å²) in [5.74, 6) is -0.365. The zero-order valence-corrected chi connectivity index (χ0v) is 17.7. The molecule has 0 N–H and O–H groups in total. The Labute approximate surface area is 179 Å². The van der Waals surface area contributed by atoms with Crippen LogP contribution in [-0.2, 0) is 27.8 Å². The fourth-order valence-corrected chi connectivity index (χ4v) is 5.16. The predicted octanol–water partition coefficient (Wildman–Crippen LogP) is 4.13. The molecular weight excluding hydrogens is 428 g/mol. The van der Waals surface area contributed by atoms with Crippen LogP contribution in [0.2, 0.25) is 5.02 Å². The van der Waals surface area contributed by atoms with E-state index >= 15 is 0 Å². The molecule has 0 aliphatic carbocycles. The van der Waals surface area contributed by atoms with Gasteiger partial charge in [-0.1, -0.05) is 35.0 Å². The Morgan fingerprint density at radius 3 is 2.80 bits per heavy atom. The first-order valence-corrected chi connectivity index (χ1v) is 11.2. The second-order valence-electron chi connectivity index (χ2n) is 6.96. The maximum atomic E-state index is 13.3. The van der Waals surface area contributed by atoms with E-state index in [9.17, 15) is 13.2 Å². The number of rotatable bonds is 5. The van der Waals surface area contributed by atoms with Crippen molar-refractivity contribution < 1.29 is 22.5 Å². The van der Waals surface area contributed by atoms with Gasteiger partial charge in [-0.25, -0.2) is 13.2 Å². The number of para-hydroxylation sites is 1. The van der Waals surface area contributed by atoms with Crippen molar-refractivity contribution in [3.8, 4) is 0 Å². The van der Waals surface area contributed by atoms with Crippen LogP contribution < -0.4 is 4.31 Å². The van der Waals surface area contributed by atoms with Crippen LogP contribution >= 0.6 is 11.6 Å². The first-order valence-electron chi connectivity index (χ1n) is 9.36. The summed E-state index contributed by atoms with van der Waals surface area (Å²) in [4.78, 5) is 12.5. The number of carbonyl (C=O) groups is 1. The Morgan fingerprint density at radius 1 is 1.23 bits per heavy atom. The van der Waals surface area contributed by atoms with Crippen molar-refractivity contribution in [2.24, 2.45) is 0 Å². The SMILES string of the molecule is Cc1cc(COC(=O)c2cc(S(=O)(=O)N3CCCc4ccccc43)ccc2Cl)on1. The number of fused-ring (bicyclic) bond motifs is 1. The predicted molar refractivity (Wildman–Crippen MR) is 111 cm³/mol. The number of nitrogens with zero attached hydrogens (tertiary/aromatic N) is 2. The van der Waals surface area contributed by atoms with Crippen molar-refractivity contribution in [2.75, 3.05) is 10.8 Å². The lowest BCUT2D eigenvalue weighted by molar-refractivity contribution is 0.0437. The molecule has 7 nitrogen and oxygen atoms in total. The van der Waals surface area contributed by atoms with E-state index in [1.165, 1.54) is 22.5 Å². The molecule has 156 valence electrons. The molecule has 0 atom stereocenters. The van der Waals surface area contributed by atoms with Crippen molar-refractivity contribution in [2.45, 2.75) is 31.3 Å². The van der Waals surface area contributed by atoms with Crippen molar-refractivity contribution >= 4 is 33.3 Å². The van der Waals surface area contributed by atoms with Gasteiger partial charge in [-0.15, -0.1) is 0 Å². The van der Waals surface area contributed by atoms with Gasteiger partial charge in [0.1, 0.15) is 0 Å². The van der Waals surface area contributed by atoms with E-state index in [0.29, 0.717) is 23.7 Å². The molecule has 2 aromatic carbocycles. The lowest BCUT2D eigenvalue weighted by Crippen LogP contribution is -2.35. The second-order valence-corrected chi connectivity index (χ2v) is 9.23. The van der Waals surface area contributed by atoms with Gasteiger partial charge < -0.3 is 9.26 Å².